The van der Waals surface area contributed by atoms with Crippen molar-refractivity contribution in [2.24, 2.45) is 4.99 Å². The summed E-state index contributed by atoms with van der Waals surface area (Å²) >= 11 is 0. The summed E-state index contributed by atoms with van der Waals surface area (Å²) < 4.78 is 18.6. The minimum absolute atomic E-state index is 0. The number of guanidine groups is 1. The Morgan fingerprint density at radius 3 is 2.07 bits per heavy atom. The molecule has 8 heteroatoms. The Bertz CT molecular complexity index is 803. The van der Waals surface area contributed by atoms with Gasteiger partial charge in [0.15, 0.2) is 5.96 Å². The maximum atomic E-state index is 12.9. The molecule has 0 aromatic heterocycles. The van der Waals surface area contributed by atoms with Crippen molar-refractivity contribution >= 4 is 35.8 Å². The lowest BCUT2D eigenvalue weighted by atomic mass is 10.1. The molecular weight excluding hydrogens is 486 g/mol. The molecule has 158 valence electrons. The van der Waals surface area contributed by atoms with Crippen LogP contribution in [0.25, 0.3) is 0 Å². The van der Waals surface area contributed by atoms with E-state index in [-0.39, 0.29) is 47.8 Å². The van der Waals surface area contributed by atoms with Gasteiger partial charge in [0.25, 0.3) is 0 Å². The van der Waals surface area contributed by atoms with Crippen molar-refractivity contribution in [3.8, 4) is 11.5 Å². The number of nitrogens with one attached hydrogen (secondary N) is 3. The summed E-state index contributed by atoms with van der Waals surface area (Å²) in [6.07, 6.45) is 0. The normalized spacial score (nSPS) is 11.3. The fourth-order valence-electron chi connectivity index (χ4n) is 2.35. The molecule has 2 aromatic carbocycles. The molecule has 0 fully saturated rings. The number of carbonyl (C=O) groups excluding carboxylic acids is 1. The lowest BCUT2D eigenvalue weighted by Crippen LogP contribution is -2.48. The molecule has 0 spiro atoms. The minimum Gasteiger partial charge on any atom is -0.457 e. The van der Waals surface area contributed by atoms with E-state index >= 15 is 0 Å². The van der Waals surface area contributed by atoms with Crippen molar-refractivity contribution in [1.29, 1.82) is 0 Å². The Balaban J connectivity index is 0.00000420. The number of halogens is 2. The highest BCUT2D eigenvalue weighted by molar-refractivity contribution is 14.0. The molecule has 1 amide bonds. The zero-order chi connectivity index (χ0) is 20.6. The van der Waals surface area contributed by atoms with E-state index in [0.717, 1.165) is 5.56 Å². The highest BCUT2D eigenvalue weighted by Crippen LogP contribution is 2.21. The average Bonchev–Trinajstić information content (AvgIpc) is 2.63. The van der Waals surface area contributed by atoms with Gasteiger partial charge in [-0.25, -0.2) is 4.39 Å². The largest absolute Gasteiger partial charge is 0.457 e. The van der Waals surface area contributed by atoms with Crippen LogP contribution in [0.3, 0.4) is 0 Å². The number of carbonyl (C=O) groups is 1. The Morgan fingerprint density at radius 2 is 1.55 bits per heavy atom. The summed E-state index contributed by atoms with van der Waals surface area (Å²) in [5, 5.41) is 9.02. The standard InChI is InChI=1S/C21H27FN4O2.HI/c1-21(2,3)26-19(27)14-25-20(23-4)24-13-15-5-9-17(10-6-15)28-18-11-7-16(22)8-12-18;/h5-12H,13-14H2,1-4H3,(H,26,27)(H2,23,24,25);1H. The van der Waals surface area contributed by atoms with Crippen LogP contribution in [0.2, 0.25) is 0 Å². The number of benzene rings is 2. The molecule has 0 heterocycles. The lowest BCUT2D eigenvalue weighted by Gasteiger charge is -2.21. The molecule has 2 aromatic rings. The van der Waals surface area contributed by atoms with E-state index in [9.17, 15) is 9.18 Å². The summed E-state index contributed by atoms with van der Waals surface area (Å²) in [6, 6.07) is 13.4. The van der Waals surface area contributed by atoms with Gasteiger partial charge >= 0.3 is 0 Å². The van der Waals surface area contributed by atoms with E-state index in [1.165, 1.54) is 12.1 Å². The highest BCUT2D eigenvalue weighted by atomic mass is 127. The van der Waals surface area contributed by atoms with Gasteiger partial charge in [-0.05, 0) is 62.7 Å². The first-order valence-corrected chi connectivity index (χ1v) is 9.03. The first kappa shape index (κ1) is 24.7. The average molecular weight is 514 g/mol. The monoisotopic (exact) mass is 514 g/mol. The van der Waals surface area contributed by atoms with E-state index < -0.39 is 0 Å². The van der Waals surface area contributed by atoms with Crippen LogP contribution in [0.15, 0.2) is 53.5 Å². The number of ether oxygens (including phenoxy) is 1. The third kappa shape index (κ3) is 9.60. The van der Waals surface area contributed by atoms with Crippen molar-refractivity contribution in [3.05, 3.63) is 59.9 Å². The van der Waals surface area contributed by atoms with Gasteiger partial charge in [0.2, 0.25) is 5.91 Å². The van der Waals surface area contributed by atoms with Gasteiger partial charge in [0, 0.05) is 19.1 Å². The predicted octanol–water partition coefficient (Wildman–Crippen LogP) is 3.82. The van der Waals surface area contributed by atoms with Gasteiger partial charge in [0.1, 0.15) is 17.3 Å². The Morgan fingerprint density at radius 1 is 1.00 bits per heavy atom. The molecule has 2 rings (SSSR count). The molecule has 0 saturated carbocycles. The van der Waals surface area contributed by atoms with E-state index in [2.05, 4.69) is 20.9 Å². The second kappa shape index (κ2) is 11.6. The van der Waals surface area contributed by atoms with Crippen molar-refractivity contribution in [2.75, 3.05) is 13.6 Å². The fourth-order valence-corrected chi connectivity index (χ4v) is 2.35. The van der Waals surface area contributed by atoms with Crippen LogP contribution in [0.5, 0.6) is 11.5 Å². The maximum Gasteiger partial charge on any atom is 0.239 e. The van der Waals surface area contributed by atoms with Crippen LogP contribution in [0.4, 0.5) is 4.39 Å². The van der Waals surface area contributed by atoms with Crippen molar-refractivity contribution in [2.45, 2.75) is 32.9 Å². The molecule has 3 N–H and O–H groups in total. The second-order valence-corrected chi connectivity index (χ2v) is 7.28. The molecule has 0 radical (unpaired) electrons. The first-order valence-electron chi connectivity index (χ1n) is 9.03. The number of hydrogen-bond acceptors (Lipinski definition) is 3. The van der Waals surface area contributed by atoms with Crippen LogP contribution >= 0.6 is 24.0 Å². The summed E-state index contributed by atoms with van der Waals surface area (Å²) in [6.45, 7) is 6.48. The van der Waals surface area contributed by atoms with Gasteiger partial charge in [-0.3, -0.25) is 9.79 Å². The fraction of sp³-hybridized carbons (Fsp3) is 0.333. The third-order valence-corrected chi connectivity index (χ3v) is 3.59. The molecule has 0 unspecified atom stereocenters. The number of nitrogens with zero attached hydrogens (tertiary/aromatic N) is 1. The molecule has 0 bridgehead atoms. The molecule has 0 aliphatic rings. The van der Waals surface area contributed by atoms with Crippen LogP contribution in [0, 0.1) is 5.82 Å². The highest BCUT2D eigenvalue weighted by Gasteiger charge is 2.13. The van der Waals surface area contributed by atoms with Crippen molar-refractivity contribution < 1.29 is 13.9 Å². The van der Waals surface area contributed by atoms with E-state index in [0.29, 0.717) is 24.0 Å². The van der Waals surface area contributed by atoms with Gasteiger partial charge in [-0.15, -0.1) is 24.0 Å². The molecule has 6 nitrogen and oxygen atoms in total. The van der Waals surface area contributed by atoms with Gasteiger partial charge < -0.3 is 20.7 Å². The smallest absolute Gasteiger partial charge is 0.239 e. The SMILES string of the molecule is CN=C(NCC(=O)NC(C)(C)C)NCc1ccc(Oc2ccc(F)cc2)cc1.I. The van der Waals surface area contributed by atoms with Crippen LogP contribution < -0.4 is 20.7 Å². The quantitative estimate of drug-likeness (QED) is 0.312. The Hall–Kier alpha value is -2.36. The number of aliphatic imine (C=N–C) groups is 1. The summed E-state index contributed by atoms with van der Waals surface area (Å²) in [4.78, 5) is 16.0. The van der Waals surface area contributed by atoms with Gasteiger partial charge in [-0.1, -0.05) is 12.1 Å². The predicted molar refractivity (Wildman–Crippen MR) is 124 cm³/mol. The summed E-state index contributed by atoms with van der Waals surface area (Å²) in [5.74, 6) is 1.38. The van der Waals surface area contributed by atoms with Crippen LogP contribution in [0.1, 0.15) is 26.3 Å². The van der Waals surface area contributed by atoms with Crippen molar-refractivity contribution in [1.82, 2.24) is 16.0 Å². The molecule has 0 atom stereocenters. The first-order chi connectivity index (χ1) is 13.2. The van der Waals surface area contributed by atoms with Gasteiger partial charge in [-0.2, -0.15) is 0 Å². The maximum absolute atomic E-state index is 12.9. The zero-order valence-corrected chi connectivity index (χ0v) is 19.4. The Kier molecular flexibility index (Phi) is 9.87. The van der Waals surface area contributed by atoms with Crippen LogP contribution in [-0.2, 0) is 11.3 Å². The number of hydrogen-bond donors (Lipinski definition) is 3. The summed E-state index contributed by atoms with van der Waals surface area (Å²) in [5.41, 5.74) is 0.751. The van der Waals surface area contributed by atoms with E-state index in [1.54, 1.807) is 19.2 Å². The molecule has 0 aliphatic heterocycles. The minimum atomic E-state index is -0.299. The second-order valence-electron chi connectivity index (χ2n) is 7.28. The topological polar surface area (TPSA) is 74.8 Å². The number of rotatable bonds is 6. The third-order valence-electron chi connectivity index (χ3n) is 3.59. The molecule has 29 heavy (non-hydrogen) atoms. The van der Waals surface area contributed by atoms with Gasteiger partial charge in [0.05, 0.1) is 6.54 Å². The molecule has 0 aliphatic carbocycles. The Labute approximate surface area is 188 Å². The lowest BCUT2D eigenvalue weighted by molar-refractivity contribution is -0.121. The van der Waals surface area contributed by atoms with E-state index in [4.69, 9.17) is 4.74 Å². The molecule has 0 saturated heterocycles. The number of amides is 1. The molecular formula is C21H28FIN4O2. The van der Waals surface area contributed by atoms with E-state index in [1.807, 2.05) is 45.0 Å². The van der Waals surface area contributed by atoms with Crippen molar-refractivity contribution in [3.63, 3.8) is 0 Å². The zero-order valence-electron chi connectivity index (χ0n) is 17.1. The summed E-state index contributed by atoms with van der Waals surface area (Å²) in [7, 11) is 1.65. The van der Waals surface area contributed by atoms with Crippen LogP contribution in [-0.4, -0.2) is 31.0 Å².